The molecule has 0 radical (unpaired) electrons. The molecule has 1 aromatic carbocycles. The van der Waals surface area contributed by atoms with Gasteiger partial charge in [0.1, 0.15) is 5.75 Å². The van der Waals surface area contributed by atoms with Gasteiger partial charge in [0.2, 0.25) is 0 Å². The van der Waals surface area contributed by atoms with Crippen molar-refractivity contribution in [3.63, 3.8) is 0 Å². The van der Waals surface area contributed by atoms with E-state index in [0.29, 0.717) is 15.8 Å². The third kappa shape index (κ3) is 3.01. The van der Waals surface area contributed by atoms with Gasteiger partial charge in [0.25, 0.3) is 0 Å². The number of benzene rings is 1. The normalized spacial score (nSPS) is 12.6. The molecule has 0 aliphatic heterocycles. The fourth-order valence-electron chi connectivity index (χ4n) is 1.54. The van der Waals surface area contributed by atoms with E-state index in [4.69, 9.17) is 27.9 Å². The Hall–Kier alpha value is -0.480. The first kappa shape index (κ1) is 13.6. The number of hydrogen-bond donors (Lipinski definition) is 2. The quantitative estimate of drug-likeness (QED) is 0.856. The minimum absolute atomic E-state index is 0.126. The molecule has 16 heavy (non-hydrogen) atoms. The van der Waals surface area contributed by atoms with Crippen LogP contribution < -0.4 is 15.4 Å². The molecule has 0 spiro atoms. The van der Waals surface area contributed by atoms with Crippen molar-refractivity contribution in [1.82, 2.24) is 10.6 Å². The van der Waals surface area contributed by atoms with Gasteiger partial charge in [-0.3, -0.25) is 0 Å². The number of rotatable bonds is 5. The lowest BCUT2D eigenvalue weighted by Gasteiger charge is -2.18. The van der Waals surface area contributed by atoms with Crippen molar-refractivity contribution in [2.24, 2.45) is 0 Å². The molecule has 0 aromatic heterocycles. The second-order valence-electron chi connectivity index (χ2n) is 3.41. The van der Waals surface area contributed by atoms with Gasteiger partial charge in [0, 0.05) is 23.7 Å². The van der Waals surface area contributed by atoms with Crippen molar-refractivity contribution in [3.8, 4) is 5.75 Å². The number of likely N-dealkylation sites (N-methyl/N-ethyl adjacent to an activating group) is 2. The average Bonchev–Trinajstić information content (AvgIpc) is 2.28. The van der Waals surface area contributed by atoms with Crippen LogP contribution in [0.1, 0.15) is 11.6 Å². The standard InChI is InChI=1S/C11H16Cl2N2O/c1-14-6-10(15-2)7-4-9(13)11(16-3)5-8(7)12/h4-5,10,14-15H,6H2,1-3H3. The second-order valence-corrected chi connectivity index (χ2v) is 4.22. The van der Waals surface area contributed by atoms with Crippen LogP contribution >= 0.6 is 23.2 Å². The summed E-state index contributed by atoms with van der Waals surface area (Å²) >= 11 is 12.3. The Morgan fingerprint density at radius 1 is 1.25 bits per heavy atom. The minimum atomic E-state index is 0.126. The molecule has 0 saturated carbocycles. The van der Waals surface area contributed by atoms with Gasteiger partial charge in [0.05, 0.1) is 12.1 Å². The second kappa shape index (κ2) is 6.30. The third-order valence-electron chi connectivity index (χ3n) is 2.40. The molecule has 1 rings (SSSR count). The van der Waals surface area contributed by atoms with E-state index in [-0.39, 0.29) is 6.04 Å². The van der Waals surface area contributed by atoms with Crippen LogP contribution in [0.2, 0.25) is 10.0 Å². The summed E-state index contributed by atoms with van der Waals surface area (Å²) in [6.07, 6.45) is 0. The summed E-state index contributed by atoms with van der Waals surface area (Å²) in [5.41, 5.74) is 0.962. The van der Waals surface area contributed by atoms with Crippen LogP contribution in [-0.4, -0.2) is 27.7 Å². The summed E-state index contributed by atoms with van der Waals surface area (Å²) in [5.74, 6) is 0.592. The highest BCUT2D eigenvalue weighted by molar-refractivity contribution is 6.34. The Bertz CT molecular complexity index is 358. The first-order valence-electron chi connectivity index (χ1n) is 4.98. The van der Waals surface area contributed by atoms with Gasteiger partial charge in [-0.05, 0) is 25.7 Å². The van der Waals surface area contributed by atoms with Gasteiger partial charge >= 0.3 is 0 Å². The Kier molecular flexibility index (Phi) is 5.35. The molecule has 0 fully saturated rings. The maximum atomic E-state index is 6.18. The number of hydrogen-bond acceptors (Lipinski definition) is 3. The Morgan fingerprint density at radius 2 is 1.94 bits per heavy atom. The molecule has 0 amide bonds. The zero-order valence-corrected chi connectivity index (χ0v) is 11.1. The van der Waals surface area contributed by atoms with Crippen LogP contribution in [0.15, 0.2) is 12.1 Å². The van der Waals surface area contributed by atoms with E-state index in [2.05, 4.69) is 10.6 Å². The highest BCUT2D eigenvalue weighted by atomic mass is 35.5. The highest BCUT2D eigenvalue weighted by Gasteiger charge is 2.15. The fourth-order valence-corrected chi connectivity index (χ4v) is 2.07. The van der Waals surface area contributed by atoms with Crippen LogP contribution in [0.3, 0.4) is 0 Å². The lowest BCUT2D eigenvalue weighted by molar-refractivity contribution is 0.414. The first-order valence-corrected chi connectivity index (χ1v) is 5.74. The van der Waals surface area contributed by atoms with Crippen molar-refractivity contribution in [1.29, 1.82) is 0 Å². The molecule has 90 valence electrons. The predicted molar refractivity (Wildman–Crippen MR) is 68.7 cm³/mol. The monoisotopic (exact) mass is 262 g/mol. The highest BCUT2D eigenvalue weighted by Crippen LogP contribution is 2.33. The summed E-state index contributed by atoms with van der Waals surface area (Å²) in [6.45, 7) is 0.777. The number of ether oxygens (including phenoxy) is 1. The lowest BCUT2D eigenvalue weighted by atomic mass is 10.1. The maximum absolute atomic E-state index is 6.18. The predicted octanol–water partition coefficient (Wildman–Crippen LogP) is 2.48. The van der Waals surface area contributed by atoms with E-state index < -0.39 is 0 Å². The molecule has 0 aliphatic rings. The smallest absolute Gasteiger partial charge is 0.138 e. The van der Waals surface area contributed by atoms with Crippen LogP contribution in [0, 0.1) is 0 Å². The van der Waals surface area contributed by atoms with E-state index >= 15 is 0 Å². The molecule has 1 atom stereocenters. The summed E-state index contributed by atoms with van der Waals surface area (Å²) < 4.78 is 5.10. The zero-order chi connectivity index (χ0) is 12.1. The Morgan fingerprint density at radius 3 is 2.44 bits per heavy atom. The topological polar surface area (TPSA) is 33.3 Å². The van der Waals surface area contributed by atoms with E-state index in [1.165, 1.54) is 0 Å². The molecule has 0 bridgehead atoms. The third-order valence-corrected chi connectivity index (χ3v) is 3.03. The van der Waals surface area contributed by atoms with Crippen molar-refractivity contribution >= 4 is 23.2 Å². The molecular formula is C11H16Cl2N2O. The molecule has 0 aliphatic carbocycles. The molecular weight excluding hydrogens is 247 g/mol. The van der Waals surface area contributed by atoms with Crippen LogP contribution in [0.4, 0.5) is 0 Å². The summed E-state index contributed by atoms with van der Waals surface area (Å²) in [5, 5.41) is 7.49. The van der Waals surface area contributed by atoms with Gasteiger partial charge in [0.15, 0.2) is 0 Å². The minimum Gasteiger partial charge on any atom is -0.495 e. The van der Waals surface area contributed by atoms with Crippen molar-refractivity contribution in [3.05, 3.63) is 27.7 Å². The maximum Gasteiger partial charge on any atom is 0.138 e. The summed E-state index contributed by atoms with van der Waals surface area (Å²) in [6, 6.07) is 3.70. The number of methoxy groups -OCH3 is 1. The molecule has 0 heterocycles. The summed E-state index contributed by atoms with van der Waals surface area (Å²) in [7, 11) is 5.35. The van der Waals surface area contributed by atoms with Gasteiger partial charge in [-0.1, -0.05) is 23.2 Å². The first-order chi connectivity index (χ1) is 7.63. The molecule has 0 saturated heterocycles. The molecule has 3 nitrogen and oxygen atoms in total. The van der Waals surface area contributed by atoms with E-state index in [0.717, 1.165) is 12.1 Å². The molecule has 1 unspecified atom stereocenters. The number of nitrogens with one attached hydrogen (secondary N) is 2. The SMILES string of the molecule is CNCC(NC)c1cc(Cl)c(OC)cc1Cl. The van der Waals surface area contributed by atoms with Crippen molar-refractivity contribution in [2.45, 2.75) is 6.04 Å². The van der Waals surface area contributed by atoms with Gasteiger partial charge < -0.3 is 15.4 Å². The van der Waals surface area contributed by atoms with Gasteiger partial charge in [-0.2, -0.15) is 0 Å². The zero-order valence-electron chi connectivity index (χ0n) is 9.60. The van der Waals surface area contributed by atoms with Gasteiger partial charge in [-0.15, -0.1) is 0 Å². The fraction of sp³-hybridized carbons (Fsp3) is 0.455. The van der Waals surface area contributed by atoms with Crippen molar-refractivity contribution in [2.75, 3.05) is 27.7 Å². The Balaban J connectivity index is 3.08. The van der Waals surface area contributed by atoms with E-state index in [1.54, 1.807) is 13.2 Å². The molecule has 5 heteroatoms. The molecule has 2 N–H and O–H groups in total. The van der Waals surface area contributed by atoms with Crippen molar-refractivity contribution < 1.29 is 4.74 Å². The summed E-state index contributed by atoms with van der Waals surface area (Å²) in [4.78, 5) is 0. The van der Waals surface area contributed by atoms with Crippen LogP contribution in [-0.2, 0) is 0 Å². The van der Waals surface area contributed by atoms with E-state index in [1.807, 2.05) is 20.2 Å². The molecule has 1 aromatic rings. The average molecular weight is 263 g/mol. The van der Waals surface area contributed by atoms with Crippen LogP contribution in [0.25, 0.3) is 0 Å². The lowest BCUT2D eigenvalue weighted by Crippen LogP contribution is -2.27. The largest absolute Gasteiger partial charge is 0.495 e. The van der Waals surface area contributed by atoms with E-state index in [9.17, 15) is 0 Å². The van der Waals surface area contributed by atoms with Gasteiger partial charge in [-0.25, -0.2) is 0 Å². The Labute approximate surface area is 106 Å². The number of halogens is 2. The van der Waals surface area contributed by atoms with Crippen LogP contribution in [0.5, 0.6) is 5.75 Å².